The second-order valence-electron chi connectivity index (χ2n) is 2.94. The minimum absolute atomic E-state index is 0.0563. The van der Waals surface area contributed by atoms with E-state index in [2.05, 4.69) is 4.98 Å². The highest BCUT2D eigenvalue weighted by Gasteiger charge is 2.12. The molecule has 1 aromatic carbocycles. The largest absolute Gasteiger partial charge is 0.429 e. The van der Waals surface area contributed by atoms with Gasteiger partial charge in [-0.3, -0.25) is 0 Å². The minimum Gasteiger partial charge on any atom is -0.429 e. The van der Waals surface area contributed by atoms with Crippen molar-refractivity contribution in [3.05, 3.63) is 35.8 Å². The van der Waals surface area contributed by atoms with Crippen molar-refractivity contribution in [2.45, 2.75) is 6.92 Å². The van der Waals surface area contributed by atoms with Gasteiger partial charge in [0.25, 0.3) is 6.01 Å². The number of aromatic nitrogens is 1. The number of aryl methyl sites for hydroxylation is 1. The van der Waals surface area contributed by atoms with E-state index in [0.717, 1.165) is 0 Å². The Morgan fingerprint density at radius 2 is 2.07 bits per heavy atom. The van der Waals surface area contributed by atoms with Gasteiger partial charge in [0, 0.05) is 5.56 Å². The van der Waals surface area contributed by atoms with E-state index in [1.54, 1.807) is 25.1 Å². The molecule has 0 unspecified atom stereocenters. The lowest BCUT2D eigenvalue weighted by molar-refractivity contribution is 0.548. The molecule has 0 radical (unpaired) electrons. The van der Waals surface area contributed by atoms with Crippen LogP contribution in [0.3, 0.4) is 0 Å². The number of nitrogens with two attached hydrogens (primary N) is 1. The molecule has 0 saturated heterocycles. The molecule has 2 rings (SSSR count). The fourth-order valence-electron chi connectivity index (χ4n) is 1.32. The van der Waals surface area contributed by atoms with Gasteiger partial charge in [0.15, 0.2) is 0 Å². The molecule has 0 amide bonds. The standard InChI is InChI=1S/C10H9FN2O/c1-6-9(13-10(12)14-6)7-4-2-3-5-8(7)11/h2-5H,1H3,(H2,12,13). The molecular formula is C10H9FN2O. The average Bonchev–Trinajstić information content (AvgIpc) is 2.46. The van der Waals surface area contributed by atoms with Crippen LogP contribution < -0.4 is 5.73 Å². The van der Waals surface area contributed by atoms with Gasteiger partial charge < -0.3 is 10.2 Å². The number of hydrogen-bond donors (Lipinski definition) is 1. The molecule has 0 spiro atoms. The Hall–Kier alpha value is -1.84. The summed E-state index contributed by atoms with van der Waals surface area (Å²) < 4.78 is 18.4. The number of oxazole rings is 1. The lowest BCUT2D eigenvalue weighted by Gasteiger charge is -1.97. The molecule has 72 valence electrons. The van der Waals surface area contributed by atoms with Gasteiger partial charge in [-0.1, -0.05) is 12.1 Å². The first kappa shape index (κ1) is 8.74. The number of halogens is 1. The zero-order chi connectivity index (χ0) is 10.1. The summed E-state index contributed by atoms with van der Waals surface area (Å²) in [4.78, 5) is 3.91. The van der Waals surface area contributed by atoms with Crippen molar-refractivity contribution >= 4 is 6.01 Å². The van der Waals surface area contributed by atoms with Crippen molar-refractivity contribution < 1.29 is 8.81 Å². The molecule has 0 atom stereocenters. The van der Waals surface area contributed by atoms with Crippen molar-refractivity contribution in [2.24, 2.45) is 0 Å². The van der Waals surface area contributed by atoms with Crippen LogP contribution in [-0.2, 0) is 0 Å². The van der Waals surface area contributed by atoms with Gasteiger partial charge in [-0.2, -0.15) is 4.98 Å². The zero-order valence-electron chi connectivity index (χ0n) is 7.62. The first-order valence-electron chi connectivity index (χ1n) is 4.16. The van der Waals surface area contributed by atoms with Crippen LogP contribution in [0.4, 0.5) is 10.4 Å². The van der Waals surface area contributed by atoms with Crippen LogP contribution in [0.15, 0.2) is 28.7 Å². The molecule has 14 heavy (non-hydrogen) atoms. The summed E-state index contributed by atoms with van der Waals surface area (Å²) in [5.74, 6) is 0.191. The SMILES string of the molecule is Cc1oc(N)nc1-c1ccccc1F. The smallest absolute Gasteiger partial charge is 0.292 e. The highest BCUT2D eigenvalue weighted by Crippen LogP contribution is 2.26. The summed E-state index contributed by atoms with van der Waals surface area (Å²) in [7, 11) is 0. The predicted octanol–water partition coefficient (Wildman–Crippen LogP) is 2.37. The number of nitrogens with zero attached hydrogens (tertiary/aromatic N) is 1. The number of benzene rings is 1. The molecule has 2 N–H and O–H groups in total. The maximum absolute atomic E-state index is 13.3. The fraction of sp³-hybridized carbons (Fsp3) is 0.100. The van der Waals surface area contributed by atoms with Crippen LogP contribution in [0.1, 0.15) is 5.76 Å². The van der Waals surface area contributed by atoms with Crippen molar-refractivity contribution in [3.63, 3.8) is 0 Å². The summed E-state index contributed by atoms with van der Waals surface area (Å²) in [6.07, 6.45) is 0. The Bertz CT molecular complexity index is 465. The first-order chi connectivity index (χ1) is 6.68. The molecule has 0 saturated carbocycles. The van der Waals surface area contributed by atoms with Crippen LogP contribution in [0.25, 0.3) is 11.3 Å². The van der Waals surface area contributed by atoms with E-state index in [-0.39, 0.29) is 11.8 Å². The van der Waals surface area contributed by atoms with Crippen LogP contribution >= 0.6 is 0 Å². The Morgan fingerprint density at radius 3 is 2.64 bits per heavy atom. The van der Waals surface area contributed by atoms with E-state index >= 15 is 0 Å². The third kappa shape index (κ3) is 1.35. The molecule has 3 nitrogen and oxygen atoms in total. The predicted molar refractivity (Wildman–Crippen MR) is 51.0 cm³/mol. The van der Waals surface area contributed by atoms with Crippen LogP contribution in [0, 0.1) is 12.7 Å². The second kappa shape index (κ2) is 3.14. The molecule has 0 aliphatic rings. The summed E-state index contributed by atoms with van der Waals surface area (Å²) in [6, 6.07) is 6.43. The van der Waals surface area contributed by atoms with E-state index < -0.39 is 0 Å². The molecule has 0 aliphatic heterocycles. The van der Waals surface area contributed by atoms with E-state index in [1.165, 1.54) is 6.07 Å². The second-order valence-corrected chi connectivity index (χ2v) is 2.94. The van der Waals surface area contributed by atoms with Gasteiger partial charge in [-0.05, 0) is 19.1 Å². The lowest BCUT2D eigenvalue weighted by Crippen LogP contribution is -1.87. The molecule has 1 aromatic heterocycles. The van der Waals surface area contributed by atoms with E-state index in [1.807, 2.05) is 0 Å². The number of rotatable bonds is 1. The fourth-order valence-corrected chi connectivity index (χ4v) is 1.32. The molecule has 1 heterocycles. The number of nitrogen functional groups attached to an aromatic ring is 1. The van der Waals surface area contributed by atoms with Gasteiger partial charge in [-0.25, -0.2) is 4.39 Å². The maximum Gasteiger partial charge on any atom is 0.292 e. The molecular weight excluding hydrogens is 183 g/mol. The Kier molecular flexibility index (Phi) is 1.96. The van der Waals surface area contributed by atoms with Crippen LogP contribution in [-0.4, -0.2) is 4.98 Å². The molecule has 0 fully saturated rings. The van der Waals surface area contributed by atoms with Crippen molar-refractivity contribution in [2.75, 3.05) is 5.73 Å². The van der Waals surface area contributed by atoms with Crippen molar-refractivity contribution in [1.29, 1.82) is 0 Å². The molecule has 0 aliphatic carbocycles. The molecule has 4 heteroatoms. The van der Waals surface area contributed by atoms with Crippen molar-refractivity contribution in [1.82, 2.24) is 4.98 Å². The number of anilines is 1. The third-order valence-electron chi connectivity index (χ3n) is 1.94. The third-order valence-corrected chi connectivity index (χ3v) is 1.94. The molecule has 2 aromatic rings. The topological polar surface area (TPSA) is 52.0 Å². The van der Waals surface area contributed by atoms with E-state index in [9.17, 15) is 4.39 Å². The number of hydrogen-bond acceptors (Lipinski definition) is 3. The Balaban J connectivity index is 2.60. The Labute approximate surface area is 80.4 Å². The highest BCUT2D eigenvalue weighted by atomic mass is 19.1. The van der Waals surface area contributed by atoms with Gasteiger partial charge in [0.2, 0.25) is 0 Å². The van der Waals surface area contributed by atoms with Crippen LogP contribution in [0.5, 0.6) is 0 Å². The quantitative estimate of drug-likeness (QED) is 0.754. The van der Waals surface area contributed by atoms with Gasteiger partial charge in [-0.15, -0.1) is 0 Å². The Morgan fingerprint density at radius 1 is 1.36 bits per heavy atom. The average molecular weight is 192 g/mol. The van der Waals surface area contributed by atoms with E-state index in [4.69, 9.17) is 10.2 Å². The normalized spacial score (nSPS) is 10.4. The summed E-state index contributed by atoms with van der Waals surface area (Å²) in [5, 5.41) is 0. The van der Waals surface area contributed by atoms with Gasteiger partial charge in [0.1, 0.15) is 17.3 Å². The minimum atomic E-state index is -0.330. The maximum atomic E-state index is 13.3. The first-order valence-corrected chi connectivity index (χ1v) is 4.16. The van der Waals surface area contributed by atoms with Crippen molar-refractivity contribution in [3.8, 4) is 11.3 Å². The molecule has 0 bridgehead atoms. The lowest BCUT2D eigenvalue weighted by atomic mass is 10.1. The van der Waals surface area contributed by atoms with Gasteiger partial charge in [0.05, 0.1) is 0 Å². The van der Waals surface area contributed by atoms with Crippen LogP contribution in [0.2, 0.25) is 0 Å². The summed E-state index contributed by atoms with van der Waals surface area (Å²) in [5.41, 5.74) is 6.23. The van der Waals surface area contributed by atoms with Gasteiger partial charge >= 0.3 is 0 Å². The summed E-state index contributed by atoms with van der Waals surface area (Å²) >= 11 is 0. The zero-order valence-corrected chi connectivity index (χ0v) is 7.62. The van der Waals surface area contributed by atoms with E-state index in [0.29, 0.717) is 17.0 Å². The summed E-state index contributed by atoms with van der Waals surface area (Å²) in [6.45, 7) is 1.70. The highest BCUT2D eigenvalue weighted by molar-refractivity contribution is 5.62. The monoisotopic (exact) mass is 192 g/mol.